The second-order valence-corrected chi connectivity index (χ2v) is 10.5. The zero-order valence-corrected chi connectivity index (χ0v) is 21.5. The lowest BCUT2D eigenvalue weighted by molar-refractivity contribution is -0.128. The maximum atomic E-state index is 12.7. The molecule has 0 spiro atoms. The maximum absolute atomic E-state index is 12.7. The van der Waals surface area contributed by atoms with Crippen LogP contribution in [0.15, 0.2) is 67.5 Å². The van der Waals surface area contributed by atoms with E-state index in [9.17, 15) is 14.4 Å². The number of thioether (sulfide) groups is 2. The third-order valence-corrected chi connectivity index (χ3v) is 7.22. The second kappa shape index (κ2) is 11.2. The van der Waals surface area contributed by atoms with Crippen LogP contribution in [0.5, 0.6) is 0 Å². The summed E-state index contributed by atoms with van der Waals surface area (Å²) in [5.74, 6) is -1.09. The zero-order chi connectivity index (χ0) is 24.1. The number of amides is 3. The summed E-state index contributed by atoms with van der Waals surface area (Å²) < 4.78 is 6.83. The molecular formula is C22H17BrN4O4S3. The minimum atomic E-state index is -0.440. The Labute approximate surface area is 217 Å². The van der Waals surface area contributed by atoms with E-state index in [-0.39, 0.29) is 24.6 Å². The predicted octanol–water partition coefficient (Wildman–Crippen LogP) is 4.12. The van der Waals surface area contributed by atoms with E-state index in [0.29, 0.717) is 25.5 Å². The van der Waals surface area contributed by atoms with E-state index in [1.165, 1.54) is 16.7 Å². The number of halogens is 1. The van der Waals surface area contributed by atoms with Gasteiger partial charge in [0.1, 0.15) is 9.84 Å². The smallest absolute Gasteiger partial charge is 0.266 e. The molecule has 2 heterocycles. The van der Waals surface area contributed by atoms with E-state index in [4.69, 9.17) is 16.6 Å². The molecule has 0 unspecified atom stereocenters. The van der Waals surface area contributed by atoms with Crippen molar-refractivity contribution < 1.29 is 18.8 Å². The number of hydrazine groups is 1. The van der Waals surface area contributed by atoms with Crippen LogP contribution in [-0.4, -0.2) is 44.2 Å². The molecule has 2 aromatic carbocycles. The fourth-order valence-electron chi connectivity index (χ4n) is 2.93. The fraction of sp³-hybridized carbons (Fsp3) is 0.136. The highest BCUT2D eigenvalue weighted by molar-refractivity contribution is 9.10. The third kappa shape index (κ3) is 6.26. The molecule has 1 saturated heterocycles. The van der Waals surface area contributed by atoms with Crippen molar-refractivity contribution in [1.29, 1.82) is 0 Å². The standard InChI is InChI=1S/C22H17BrN4O4S3/c23-14-5-3-4-13(10-14)11-17-20(30)27(22(32)34-17)9-8-18(28)25-26-19(29)12-33-21-24-15-6-1-2-7-16(15)31-21/h1-7,10-11H,8-9,12H2,(H,25,28)(H,26,29)/b17-11-. The van der Waals surface area contributed by atoms with E-state index < -0.39 is 11.8 Å². The summed E-state index contributed by atoms with van der Waals surface area (Å²) in [4.78, 5) is 43.0. The number of carbonyl (C=O) groups excluding carboxylic acids is 3. The molecule has 0 aliphatic carbocycles. The van der Waals surface area contributed by atoms with Gasteiger partial charge in [0.25, 0.3) is 11.1 Å². The number of carbonyl (C=O) groups is 3. The highest BCUT2D eigenvalue weighted by atomic mass is 79.9. The number of hydrogen-bond acceptors (Lipinski definition) is 8. The van der Waals surface area contributed by atoms with Crippen LogP contribution < -0.4 is 10.9 Å². The Morgan fingerprint density at radius 2 is 1.97 bits per heavy atom. The summed E-state index contributed by atoms with van der Waals surface area (Å²) in [6.45, 7) is 0.111. The molecule has 1 aliphatic heterocycles. The molecule has 4 rings (SSSR count). The lowest BCUT2D eigenvalue weighted by Crippen LogP contribution is -2.44. The van der Waals surface area contributed by atoms with Crippen molar-refractivity contribution in [2.45, 2.75) is 11.6 Å². The van der Waals surface area contributed by atoms with Gasteiger partial charge in [-0.25, -0.2) is 4.98 Å². The predicted molar refractivity (Wildman–Crippen MR) is 140 cm³/mol. The summed E-state index contributed by atoms with van der Waals surface area (Å²) in [6.07, 6.45) is 1.74. The van der Waals surface area contributed by atoms with Gasteiger partial charge in [0.15, 0.2) is 5.58 Å². The number of para-hydroxylation sites is 2. The summed E-state index contributed by atoms with van der Waals surface area (Å²) in [7, 11) is 0. The minimum Gasteiger partial charge on any atom is -0.431 e. The first-order valence-corrected chi connectivity index (χ1v) is 13.0. The SMILES string of the molecule is O=C(CCN1C(=O)/C(=C/c2cccc(Br)c2)SC1=S)NNC(=O)CSc1nc2ccccc2o1. The van der Waals surface area contributed by atoms with Gasteiger partial charge in [-0.1, -0.05) is 75.9 Å². The van der Waals surface area contributed by atoms with Crippen LogP contribution in [0, 0.1) is 0 Å². The van der Waals surface area contributed by atoms with Gasteiger partial charge in [0, 0.05) is 17.4 Å². The number of hydrogen-bond donors (Lipinski definition) is 2. The molecule has 1 fully saturated rings. The number of benzene rings is 2. The van der Waals surface area contributed by atoms with Gasteiger partial charge in [-0.15, -0.1) is 0 Å². The van der Waals surface area contributed by atoms with Crippen LogP contribution in [0.2, 0.25) is 0 Å². The van der Waals surface area contributed by atoms with Gasteiger partial charge in [-0.3, -0.25) is 30.1 Å². The molecule has 34 heavy (non-hydrogen) atoms. The molecule has 1 aliphatic rings. The normalized spacial score (nSPS) is 14.7. The molecule has 0 saturated carbocycles. The number of rotatable bonds is 7. The summed E-state index contributed by atoms with van der Waals surface area (Å²) in [6, 6.07) is 14.9. The minimum absolute atomic E-state index is 0.0161. The highest BCUT2D eigenvalue weighted by Crippen LogP contribution is 2.33. The Morgan fingerprint density at radius 3 is 2.76 bits per heavy atom. The molecule has 0 bridgehead atoms. The van der Waals surface area contributed by atoms with E-state index in [1.54, 1.807) is 12.1 Å². The van der Waals surface area contributed by atoms with Gasteiger partial charge < -0.3 is 4.42 Å². The average Bonchev–Trinajstić information content (AvgIpc) is 3.35. The number of oxazole rings is 1. The van der Waals surface area contributed by atoms with Gasteiger partial charge >= 0.3 is 0 Å². The number of fused-ring (bicyclic) bond motifs is 1. The monoisotopic (exact) mass is 576 g/mol. The molecule has 8 nitrogen and oxygen atoms in total. The summed E-state index contributed by atoms with van der Waals surface area (Å²) in [5.41, 5.74) is 6.91. The van der Waals surface area contributed by atoms with Crippen molar-refractivity contribution in [3.63, 3.8) is 0 Å². The van der Waals surface area contributed by atoms with E-state index in [2.05, 4.69) is 31.8 Å². The van der Waals surface area contributed by atoms with Crippen LogP contribution in [0.1, 0.15) is 12.0 Å². The summed E-state index contributed by atoms with van der Waals surface area (Å²) >= 11 is 11.0. The molecule has 2 N–H and O–H groups in total. The van der Waals surface area contributed by atoms with Crippen molar-refractivity contribution in [3.05, 3.63) is 63.5 Å². The maximum Gasteiger partial charge on any atom is 0.266 e. The van der Waals surface area contributed by atoms with Crippen molar-refractivity contribution in [2.24, 2.45) is 0 Å². The van der Waals surface area contributed by atoms with Crippen molar-refractivity contribution in [2.75, 3.05) is 12.3 Å². The topological polar surface area (TPSA) is 105 Å². The number of nitrogens with one attached hydrogen (secondary N) is 2. The Morgan fingerprint density at radius 1 is 1.18 bits per heavy atom. The lowest BCUT2D eigenvalue weighted by atomic mass is 10.2. The average molecular weight is 578 g/mol. The van der Waals surface area contributed by atoms with Crippen LogP contribution in [0.3, 0.4) is 0 Å². The van der Waals surface area contributed by atoms with Gasteiger partial charge in [-0.05, 0) is 35.9 Å². The van der Waals surface area contributed by atoms with Gasteiger partial charge in [-0.2, -0.15) is 0 Å². The van der Waals surface area contributed by atoms with Crippen molar-refractivity contribution in [1.82, 2.24) is 20.7 Å². The Bertz CT molecular complexity index is 1280. The fourth-order valence-corrected chi connectivity index (χ4v) is 5.30. The Balaban J connectivity index is 1.21. The summed E-state index contributed by atoms with van der Waals surface area (Å²) in [5, 5.41) is 0.368. The molecule has 0 atom stereocenters. The van der Waals surface area contributed by atoms with Crippen LogP contribution >= 0.6 is 51.7 Å². The molecule has 12 heteroatoms. The third-order valence-electron chi connectivity index (χ3n) is 4.52. The highest BCUT2D eigenvalue weighted by Gasteiger charge is 2.32. The van der Waals surface area contributed by atoms with Gasteiger partial charge in [0.2, 0.25) is 11.8 Å². The first-order valence-electron chi connectivity index (χ1n) is 9.96. The number of thiocarbonyl (C=S) groups is 1. The van der Waals surface area contributed by atoms with Crippen LogP contribution in [-0.2, 0) is 14.4 Å². The van der Waals surface area contributed by atoms with Crippen molar-refractivity contribution >= 4 is 90.9 Å². The Kier molecular flexibility index (Phi) is 8.03. The van der Waals surface area contributed by atoms with E-state index in [0.717, 1.165) is 21.8 Å². The van der Waals surface area contributed by atoms with E-state index >= 15 is 0 Å². The molecule has 3 aromatic rings. The number of aromatic nitrogens is 1. The molecule has 0 radical (unpaired) electrons. The van der Waals surface area contributed by atoms with Crippen molar-refractivity contribution in [3.8, 4) is 0 Å². The molecule has 3 amide bonds. The second-order valence-electron chi connectivity index (χ2n) is 6.97. The lowest BCUT2D eigenvalue weighted by Gasteiger charge is -2.14. The van der Waals surface area contributed by atoms with Gasteiger partial charge in [0.05, 0.1) is 10.7 Å². The van der Waals surface area contributed by atoms with E-state index in [1.807, 2.05) is 42.5 Å². The van der Waals surface area contributed by atoms with Crippen LogP contribution in [0.25, 0.3) is 17.2 Å². The first-order chi connectivity index (χ1) is 16.4. The largest absolute Gasteiger partial charge is 0.431 e. The van der Waals surface area contributed by atoms with Crippen LogP contribution in [0.4, 0.5) is 0 Å². The first kappa shape index (κ1) is 24.5. The molecular weight excluding hydrogens is 560 g/mol. The quantitative estimate of drug-likeness (QED) is 0.187. The molecule has 174 valence electrons. The number of nitrogens with zero attached hydrogens (tertiary/aromatic N) is 2. The Hall–Kier alpha value is -2.67. The molecule has 1 aromatic heterocycles. The zero-order valence-electron chi connectivity index (χ0n) is 17.4.